The van der Waals surface area contributed by atoms with Crippen LogP contribution in [0.25, 0.3) is 0 Å². The second kappa shape index (κ2) is 4.64. The van der Waals surface area contributed by atoms with Gasteiger partial charge in [0.05, 0.1) is 0 Å². The molecule has 0 aliphatic heterocycles. The molecule has 4 heteroatoms. The summed E-state index contributed by atoms with van der Waals surface area (Å²) in [6.45, 7) is 0. The first-order valence-electron chi connectivity index (χ1n) is 4.29. The van der Waals surface area contributed by atoms with Crippen LogP contribution in [0.2, 0.25) is 5.02 Å². The van der Waals surface area contributed by atoms with Gasteiger partial charge in [0.15, 0.2) is 0 Å². The molecule has 0 saturated heterocycles. The van der Waals surface area contributed by atoms with Crippen LogP contribution in [0.15, 0.2) is 47.1 Å². The highest BCUT2D eigenvalue weighted by Gasteiger charge is 2.02. The van der Waals surface area contributed by atoms with Crippen LogP contribution < -0.4 is 4.74 Å². The van der Waals surface area contributed by atoms with Crippen LogP contribution in [0, 0.1) is 0 Å². The maximum atomic E-state index is 5.91. The zero-order valence-electron chi connectivity index (χ0n) is 7.65. The van der Waals surface area contributed by atoms with E-state index < -0.39 is 0 Å². The lowest BCUT2D eigenvalue weighted by Gasteiger charge is -2.05. The second-order valence-corrected chi connectivity index (χ2v) is 4.17. The number of rotatable bonds is 2. The largest absolute Gasteiger partial charge is 0.438 e. The summed E-state index contributed by atoms with van der Waals surface area (Å²) in [6, 6.07) is 11.0. The number of benzene rings is 1. The Hall–Kier alpha value is -1.06. The van der Waals surface area contributed by atoms with Crippen molar-refractivity contribution in [2.45, 2.75) is 0 Å². The molecule has 0 saturated carbocycles. The van der Waals surface area contributed by atoms with Gasteiger partial charge in [0.25, 0.3) is 0 Å². The summed E-state index contributed by atoms with van der Waals surface area (Å²) in [5, 5.41) is 0.500. The van der Waals surface area contributed by atoms with E-state index in [1.807, 2.05) is 24.3 Å². The lowest BCUT2D eigenvalue weighted by atomic mass is 10.3. The van der Waals surface area contributed by atoms with Crippen molar-refractivity contribution in [2.24, 2.45) is 0 Å². The SMILES string of the molecule is Clc1cccnc1Oc1ccc(Br)cc1. The maximum absolute atomic E-state index is 5.91. The molecule has 0 amide bonds. The highest BCUT2D eigenvalue weighted by Crippen LogP contribution is 2.27. The molecule has 0 N–H and O–H groups in total. The van der Waals surface area contributed by atoms with Gasteiger partial charge in [-0.3, -0.25) is 0 Å². The van der Waals surface area contributed by atoms with Crippen molar-refractivity contribution in [3.63, 3.8) is 0 Å². The highest BCUT2D eigenvalue weighted by molar-refractivity contribution is 9.10. The molecule has 0 bridgehead atoms. The standard InChI is InChI=1S/C11H7BrClNO/c12-8-3-5-9(6-4-8)15-11-10(13)2-1-7-14-11/h1-7H. The molecule has 0 atom stereocenters. The number of pyridine rings is 1. The Balaban J connectivity index is 2.22. The van der Waals surface area contributed by atoms with Gasteiger partial charge in [-0.25, -0.2) is 4.98 Å². The molecule has 1 heterocycles. The summed E-state index contributed by atoms with van der Waals surface area (Å²) in [5.74, 6) is 1.13. The molecule has 76 valence electrons. The average molecular weight is 285 g/mol. The van der Waals surface area contributed by atoms with Gasteiger partial charge in [-0.05, 0) is 36.4 Å². The Kier molecular flexibility index (Phi) is 3.23. The summed E-state index contributed by atoms with van der Waals surface area (Å²) in [7, 11) is 0. The van der Waals surface area contributed by atoms with Crippen LogP contribution in [0.1, 0.15) is 0 Å². The monoisotopic (exact) mass is 283 g/mol. The lowest BCUT2D eigenvalue weighted by Crippen LogP contribution is -1.87. The van der Waals surface area contributed by atoms with E-state index in [0.717, 1.165) is 4.47 Å². The molecule has 1 aromatic carbocycles. The third kappa shape index (κ3) is 2.70. The number of aromatic nitrogens is 1. The Morgan fingerprint density at radius 1 is 1.13 bits per heavy atom. The molecule has 0 radical (unpaired) electrons. The van der Waals surface area contributed by atoms with Gasteiger partial charge in [-0.15, -0.1) is 0 Å². The maximum Gasteiger partial charge on any atom is 0.238 e. The normalized spacial score (nSPS) is 10.0. The van der Waals surface area contributed by atoms with Gasteiger partial charge in [0, 0.05) is 10.7 Å². The van der Waals surface area contributed by atoms with E-state index in [9.17, 15) is 0 Å². The van der Waals surface area contributed by atoms with E-state index in [2.05, 4.69) is 20.9 Å². The average Bonchev–Trinajstić information content (AvgIpc) is 2.25. The van der Waals surface area contributed by atoms with Crippen LogP contribution in [-0.2, 0) is 0 Å². The fraction of sp³-hybridized carbons (Fsp3) is 0. The number of halogens is 2. The Morgan fingerprint density at radius 3 is 2.53 bits per heavy atom. The summed E-state index contributed by atoms with van der Waals surface area (Å²) in [4.78, 5) is 4.03. The Bertz CT molecular complexity index is 458. The first kappa shape index (κ1) is 10.5. The summed E-state index contributed by atoms with van der Waals surface area (Å²) < 4.78 is 6.50. The van der Waals surface area contributed by atoms with Crippen LogP contribution in [0.3, 0.4) is 0 Å². The fourth-order valence-corrected chi connectivity index (χ4v) is 1.49. The molecule has 2 aromatic rings. The van der Waals surface area contributed by atoms with E-state index >= 15 is 0 Å². The molecule has 0 aliphatic rings. The van der Waals surface area contributed by atoms with Gasteiger partial charge in [0.2, 0.25) is 5.88 Å². The Labute approximate surface area is 101 Å². The van der Waals surface area contributed by atoms with Gasteiger partial charge >= 0.3 is 0 Å². The number of hydrogen-bond donors (Lipinski definition) is 0. The molecule has 0 aliphatic carbocycles. The van der Waals surface area contributed by atoms with Crippen LogP contribution in [-0.4, -0.2) is 4.98 Å². The first-order valence-corrected chi connectivity index (χ1v) is 5.47. The molecular formula is C11H7BrClNO. The van der Waals surface area contributed by atoms with Crippen molar-refractivity contribution >= 4 is 27.5 Å². The number of hydrogen-bond acceptors (Lipinski definition) is 2. The van der Waals surface area contributed by atoms with E-state index in [0.29, 0.717) is 16.7 Å². The number of nitrogens with zero attached hydrogens (tertiary/aromatic N) is 1. The summed E-state index contributed by atoms with van der Waals surface area (Å²) >= 11 is 9.26. The van der Waals surface area contributed by atoms with E-state index in [1.54, 1.807) is 18.3 Å². The van der Waals surface area contributed by atoms with Crippen molar-refractivity contribution in [1.29, 1.82) is 0 Å². The molecule has 1 aromatic heterocycles. The quantitative estimate of drug-likeness (QED) is 0.821. The van der Waals surface area contributed by atoms with Crippen molar-refractivity contribution in [3.05, 3.63) is 52.1 Å². The van der Waals surface area contributed by atoms with Gasteiger partial charge in [-0.1, -0.05) is 27.5 Å². The Morgan fingerprint density at radius 2 is 1.87 bits per heavy atom. The lowest BCUT2D eigenvalue weighted by molar-refractivity contribution is 0.463. The van der Waals surface area contributed by atoms with Crippen LogP contribution >= 0.6 is 27.5 Å². The van der Waals surface area contributed by atoms with Crippen molar-refractivity contribution in [2.75, 3.05) is 0 Å². The third-order valence-electron chi connectivity index (χ3n) is 1.75. The highest BCUT2D eigenvalue weighted by atomic mass is 79.9. The molecule has 2 nitrogen and oxygen atoms in total. The minimum Gasteiger partial charge on any atom is -0.438 e. The smallest absolute Gasteiger partial charge is 0.238 e. The van der Waals surface area contributed by atoms with Crippen molar-refractivity contribution < 1.29 is 4.74 Å². The summed E-state index contributed by atoms with van der Waals surface area (Å²) in [6.07, 6.45) is 1.64. The fourth-order valence-electron chi connectivity index (χ4n) is 1.06. The predicted octanol–water partition coefficient (Wildman–Crippen LogP) is 4.29. The van der Waals surface area contributed by atoms with Crippen molar-refractivity contribution in [3.8, 4) is 11.6 Å². The number of ether oxygens (including phenoxy) is 1. The van der Waals surface area contributed by atoms with E-state index in [-0.39, 0.29) is 0 Å². The molecule has 0 fully saturated rings. The van der Waals surface area contributed by atoms with E-state index in [1.165, 1.54) is 0 Å². The van der Waals surface area contributed by atoms with Gasteiger partial charge in [0.1, 0.15) is 10.8 Å². The zero-order valence-corrected chi connectivity index (χ0v) is 9.99. The minimum atomic E-state index is 0.418. The van der Waals surface area contributed by atoms with Gasteiger partial charge < -0.3 is 4.74 Å². The van der Waals surface area contributed by atoms with Crippen molar-refractivity contribution in [1.82, 2.24) is 4.98 Å². The summed E-state index contributed by atoms with van der Waals surface area (Å²) in [5.41, 5.74) is 0. The third-order valence-corrected chi connectivity index (χ3v) is 2.57. The van der Waals surface area contributed by atoms with E-state index in [4.69, 9.17) is 16.3 Å². The molecular weight excluding hydrogens is 277 g/mol. The molecule has 0 spiro atoms. The zero-order chi connectivity index (χ0) is 10.7. The second-order valence-electron chi connectivity index (χ2n) is 2.85. The predicted molar refractivity (Wildman–Crippen MR) is 63.5 cm³/mol. The van der Waals surface area contributed by atoms with Crippen LogP contribution in [0.4, 0.5) is 0 Å². The van der Waals surface area contributed by atoms with Gasteiger partial charge in [-0.2, -0.15) is 0 Å². The van der Waals surface area contributed by atoms with Crippen LogP contribution in [0.5, 0.6) is 11.6 Å². The molecule has 0 unspecified atom stereocenters. The topological polar surface area (TPSA) is 22.1 Å². The minimum absolute atomic E-state index is 0.418. The molecule has 2 rings (SSSR count). The molecule has 15 heavy (non-hydrogen) atoms. The first-order chi connectivity index (χ1) is 7.25.